The second kappa shape index (κ2) is 40.0. The number of allylic oxidation sites excluding steroid dienone is 5. The normalized spacial score (nSPS) is 14.9. The predicted octanol–water partition coefficient (Wildman–Crippen LogP) is 11.6. The predicted molar refractivity (Wildman–Crippen MR) is 246 cm³/mol. The molecule has 0 aliphatic rings. The van der Waals surface area contributed by atoms with Crippen molar-refractivity contribution in [3.05, 3.63) is 36.5 Å². The summed E-state index contributed by atoms with van der Waals surface area (Å²) in [5.41, 5.74) is 0. The number of aliphatic hydroxyl groups is 2. The molecule has 0 rings (SSSR count). The molecule has 0 saturated carbocycles. The lowest BCUT2D eigenvalue weighted by Crippen LogP contribution is -2.37. The largest absolute Gasteiger partial charge is 0.472 e. The average Bonchev–Trinajstić information content (AvgIpc) is 3.19. The molecule has 0 aromatic rings. The van der Waals surface area contributed by atoms with Crippen LogP contribution in [0.2, 0.25) is 0 Å². The van der Waals surface area contributed by atoms with Crippen LogP contribution in [0.3, 0.4) is 0 Å². The zero-order chi connectivity index (χ0) is 44.6. The first-order chi connectivity index (χ1) is 28.8. The highest BCUT2D eigenvalue weighted by atomic mass is 31.2. The number of hydrogen-bond acceptors (Lipinski definition) is 9. The second-order valence-electron chi connectivity index (χ2n) is 17.4. The van der Waals surface area contributed by atoms with Crippen LogP contribution in [0.25, 0.3) is 0 Å². The molecule has 12 heteroatoms. The molecule has 0 aliphatic carbocycles. The first-order valence-corrected chi connectivity index (χ1v) is 25.4. The highest BCUT2D eigenvalue weighted by Crippen LogP contribution is 2.43. The van der Waals surface area contributed by atoms with Crippen molar-refractivity contribution in [2.75, 3.05) is 47.5 Å². The standard InChI is InChI=1S/C48H90NO10P/c1-6-8-10-12-14-15-16-17-18-19-20-21-22-23-24-25-26-30-35-39-48(53)59-44(43-58-60(54,55)57-41-40-49(3,4)5)42-56-47(52)38-34-31-27-29-33-37-46(51)45(50)36-32-28-13-11-9-7-2/h14-15,17-18,28,32,44-46,50-51H,6-13,16,19-27,29-31,33-43H2,1-5H3/p+1/b15-14-,18-17-,32-28-/t44-,45-,46-/m1/s1. The molecule has 60 heavy (non-hydrogen) atoms. The van der Waals surface area contributed by atoms with Crippen LogP contribution < -0.4 is 0 Å². The Morgan fingerprint density at radius 2 is 1.07 bits per heavy atom. The Morgan fingerprint density at radius 1 is 0.583 bits per heavy atom. The molecule has 0 radical (unpaired) electrons. The summed E-state index contributed by atoms with van der Waals surface area (Å²) in [6.07, 6.45) is 37.8. The maximum atomic E-state index is 12.7. The van der Waals surface area contributed by atoms with E-state index in [9.17, 15) is 29.3 Å². The average molecular weight is 873 g/mol. The fraction of sp³-hybridized carbons (Fsp3) is 0.833. The fourth-order valence-electron chi connectivity index (χ4n) is 6.42. The van der Waals surface area contributed by atoms with E-state index in [2.05, 4.69) is 44.2 Å². The molecular weight excluding hydrogens is 781 g/mol. The zero-order valence-corrected chi connectivity index (χ0v) is 39.8. The lowest BCUT2D eigenvalue weighted by molar-refractivity contribution is -0.870. The molecule has 0 saturated heterocycles. The van der Waals surface area contributed by atoms with Crippen molar-refractivity contribution in [2.45, 2.75) is 212 Å². The van der Waals surface area contributed by atoms with Gasteiger partial charge in [0.2, 0.25) is 0 Å². The van der Waals surface area contributed by atoms with E-state index < -0.39 is 44.7 Å². The summed E-state index contributed by atoms with van der Waals surface area (Å²) >= 11 is 0. The third-order valence-corrected chi connectivity index (χ3v) is 11.3. The SMILES string of the molecule is CCCCC/C=C\C/C=C\CCCCCCCCCCCC(=O)O[C@H](COC(=O)CCCCCCC[C@@H](O)[C@H](O)C/C=C\CCCCC)COP(=O)(O)OCC[N+](C)(C)C. The number of quaternary nitrogens is 1. The number of esters is 2. The molecule has 11 nitrogen and oxygen atoms in total. The Hall–Kier alpha value is -1.85. The molecule has 0 aliphatic heterocycles. The molecule has 0 fully saturated rings. The lowest BCUT2D eigenvalue weighted by Gasteiger charge is -2.24. The second-order valence-corrected chi connectivity index (χ2v) is 18.9. The van der Waals surface area contributed by atoms with Gasteiger partial charge in [0.25, 0.3) is 0 Å². The summed E-state index contributed by atoms with van der Waals surface area (Å²) in [5, 5.41) is 20.5. The van der Waals surface area contributed by atoms with E-state index in [-0.39, 0.29) is 26.1 Å². The minimum atomic E-state index is -4.41. The van der Waals surface area contributed by atoms with Gasteiger partial charge < -0.3 is 29.1 Å². The molecule has 0 aromatic heterocycles. The van der Waals surface area contributed by atoms with Crippen LogP contribution in [-0.2, 0) is 32.7 Å². The molecule has 3 N–H and O–H groups in total. The summed E-state index contributed by atoms with van der Waals surface area (Å²) in [5.74, 6) is -0.913. The molecule has 0 heterocycles. The van der Waals surface area contributed by atoms with Crippen molar-refractivity contribution < 1.29 is 52.3 Å². The van der Waals surface area contributed by atoms with E-state index in [1.54, 1.807) is 0 Å². The summed E-state index contributed by atoms with van der Waals surface area (Å²) in [7, 11) is 1.39. The van der Waals surface area contributed by atoms with Crippen molar-refractivity contribution in [1.29, 1.82) is 0 Å². The molecule has 1 unspecified atom stereocenters. The third kappa shape index (κ3) is 41.5. The van der Waals surface area contributed by atoms with Crippen molar-refractivity contribution in [3.63, 3.8) is 0 Å². The maximum Gasteiger partial charge on any atom is 0.472 e. The van der Waals surface area contributed by atoms with E-state index in [1.807, 2.05) is 27.2 Å². The summed E-state index contributed by atoms with van der Waals surface area (Å²) in [4.78, 5) is 35.5. The molecule has 0 bridgehead atoms. The van der Waals surface area contributed by atoms with Gasteiger partial charge in [-0.15, -0.1) is 0 Å². The van der Waals surface area contributed by atoms with Crippen LogP contribution in [-0.4, -0.2) is 97.3 Å². The van der Waals surface area contributed by atoms with E-state index in [0.29, 0.717) is 36.7 Å². The van der Waals surface area contributed by atoms with E-state index in [1.165, 1.54) is 70.6 Å². The topological polar surface area (TPSA) is 149 Å². The zero-order valence-electron chi connectivity index (χ0n) is 38.9. The van der Waals surface area contributed by atoms with Crippen molar-refractivity contribution in [1.82, 2.24) is 0 Å². The van der Waals surface area contributed by atoms with Crippen molar-refractivity contribution in [3.8, 4) is 0 Å². The Kier molecular flexibility index (Phi) is 38.7. The Morgan fingerprint density at radius 3 is 1.62 bits per heavy atom. The number of rotatable bonds is 43. The summed E-state index contributed by atoms with van der Waals surface area (Å²) in [6.45, 7) is 4.17. The van der Waals surface area contributed by atoms with Gasteiger partial charge in [0.15, 0.2) is 6.10 Å². The minimum Gasteiger partial charge on any atom is -0.462 e. The van der Waals surface area contributed by atoms with Crippen LogP contribution in [0.5, 0.6) is 0 Å². The van der Waals surface area contributed by atoms with Gasteiger partial charge in [-0.3, -0.25) is 18.6 Å². The monoisotopic (exact) mass is 873 g/mol. The van der Waals surface area contributed by atoms with Crippen LogP contribution >= 0.6 is 7.82 Å². The Balaban J connectivity index is 4.41. The van der Waals surface area contributed by atoms with Gasteiger partial charge in [0.1, 0.15) is 19.8 Å². The van der Waals surface area contributed by atoms with Gasteiger partial charge in [0, 0.05) is 12.8 Å². The number of nitrogens with zero attached hydrogens (tertiary/aromatic N) is 1. The van der Waals surface area contributed by atoms with Gasteiger partial charge in [-0.05, 0) is 70.6 Å². The van der Waals surface area contributed by atoms with E-state index in [4.69, 9.17) is 18.5 Å². The fourth-order valence-corrected chi connectivity index (χ4v) is 7.16. The number of phosphoric acid groups is 1. The first-order valence-electron chi connectivity index (χ1n) is 23.9. The van der Waals surface area contributed by atoms with Gasteiger partial charge in [-0.25, -0.2) is 4.57 Å². The number of ether oxygens (including phenoxy) is 2. The highest BCUT2D eigenvalue weighted by molar-refractivity contribution is 7.47. The van der Waals surface area contributed by atoms with Crippen LogP contribution in [0.15, 0.2) is 36.5 Å². The molecule has 4 atom stereocenters. The van der Waals surface area contributed by atoms with Gasteiger partial charge in [-0.2, -0.15) is 0 Å². The van der Waals surface area contributed by atoms with Crippen molar-refractivity contribution in [2.24, 2.45) is 0 Å². The highest BCUT2D eigenvalue weighted by Gasteiger charge is 2.27. The number of aliphatic hydroxyl groups excluding tert-OH is 2. The Labute approximate surface area is 367 Å². The van der Waals surface area contributed by atoms with E-state index in [0.717, 1.165) is 70.6 Å². The van der Waals surface area contributed by atoms with Gasteiger partial charge >= 0.3 is 19.8 Å². The summed E-state index contributed by atoms with van der Waals surface area (Å²) < 4.78 is 34.3. The molecule has 352 valence electrons. The lowest BCUT2D eigenvalue weighted by atomic mass is 10.0. The Bertz CT molecular complexity index is 1150. The summed E-state index contributed by atoms with van der Waals surface area (Å²) in [6, 6.07) is 0. The van der Waals surface area contributed by atoms with Crippen molar-refractivity contribution >= 4 is 19.8 Å². The quantitative estimate of drug-likeness (QED) is 0.0178. The maximum absolute atomic E-state index is 12.7. The van der Waals surface area contributed by atoms with Gasteiger partial charge in [0.05, 0.1) is 40.0 Å². The van der Waals surface area contributed by atoms with Crippen LogP contribution in [0.1, 0.15) is 194 Å². The van der Waals surface area contributed by atoms with E-state index >= 15 is 0 Å². The first kappa shape index (κ1) is 58.1. The molecule has 0 spiro atoms. The van der Waals surface area contributed by atoms with Crippen LogP contribution in [0.4, 0.5) is 0 Å². The van der Waals surface area contributed by atoms with Crippen LogP contribution in [0, 0.1) is 0 Å². The number of carbonyl (C=O) groups excluding carboxylic acids is 2. The number of phosphoric ester groups is 1. The number of carbonyl (C=O) groups is 2. The number of hydrogen-bond donors (Lipinski definition) is 3. The molecular formula is C48H91NO10P+. The number of unbranched alkanes of at least 4 members (excludes halogenated alkanes) is 19. The minimum absolute atomic E-state index is 0.00523. The number of likely N-dealkylation sites (N-methyl/N-ethyl adjacent to an activating group) is 1. The third-order valence-electron chi connectivity index (χ3n) is 10.3. The molecule has 0 amide bonds. The van der Waals surface area contributed by atoms with Gasteiger partial charge in [-0.1, -0.05) is 147 Å². The smallest absolute Gasteiger partial charge is 0.462 e. The molecule has 0 aromatic carbocycles.